The van der Waals surface area contributed by atoms with Gasteiger partial charge in [0.1, 0.15) is 6.10 Å². The number of aromatic nitrogens is 1. The van der Waals surface area contributed by atoms with Crippen molar-refractivity contribution in [3.8, 4) is 11.3 Å². The van der Waals surface area contributed by atoms with Crippen LogP contribution in [0.5, 0.6) is 0 Å². The fourth-order valence-electron chi connectivity index (χ4n) is 2.01. The van der Waals surface area contributed by atoms with E-state index in [4.69, 9.17) is 11.6 Å². The number of carbonyl (C=O) groups excluding carboxylic acids is 1. The highest BCUT2D eigenvalue weighted by Gasteiger charge is 2.19. The Bertz CT molecular complexity index is 710. The summed E-state index contributed by atoms with van der Waals surface area (Å²) in [6.07, 6.45) is 0.342. The van der Waals surface area contributed by atoms with Crippen LogP contribution in [-0.4, -0.2) is 23.2 Å². The van der Waals surface area contributed by atoms with Gasteiger partial charge in [0.05, 0.1) is 18.4 Å². The molecule has 1 aromatic carbocycles. The van der Waals surface area contributed by atoms with Crippen LogP contribution in [0.25, 0.3) is 11.3 Å². The van der Waals surface area contributed by atoms with Crippen LogP contribution < -0.4 is 0 Å². The number of halogens is 1. The van der Waals surface area contributed by atoms with Crippen LogP contribution in [0.1, 0.15) is 17.2 Å². The van der Waals surface area contributed by atoms with Crippen LogP contribution in [0, 0.1) is 6.92 Å². The lowest BCUT2D eigenvalue weighted by Crippen LogP contribution is -2.12. The van der Waals surface area contributed by atoms with Gasteiger partial charge in [-0.15, -0.1) is 0 Å². The predicted molar refractivity (Wildman–Crippen MR) is 85.5 cm³/mol. The second-order valence-electron chi connectivity index (χ2n) is 4.88. The lowest BCUT2D eigenvalue weighted by molar-refractivity contribution is -0.137. The zero-order valence-corrected chi connectivity index (χ0v) is 13.1. The Balaban J connectivity index is 2.29. The zero-order chi connectivity index (χ0) is 16.3. The Hall–Kier alpha value is -2.17. The Morgan fingerprint density at radius 1 is 1.36 bits per heavy atom. The smallest absolute Gasteiger partial charge is 0.336 e. The molecule has 114 valence electrons. The van der Waals surface area contributed by atoms with E-state index in [2.05, 4.69) is 16.3 Å². The number of hydrogen-bond acceptors (Lipinski definition) is 4. The van der Waals surface area contributed by atoms with Gasteiger partial charge in [-0.2, -0.15) is 0 Å². The zero-order valence-electron chi connectivity index (χ0n) is 12.3. The normalized spacial score (nSPS) is 11.8. The van der Waals surface area contributed by atoms with Crippen molar-refractivity contribution in [2.24, 2.45) is 0 Å². The summed E-state index contributed by atoms with van der Waals surface area (Å²) in [4.78, 5) is 15.7. The van der Waals surface area contributed by atoms with Crippen LogP contribution in [0.3, 0.4) is 0 Å². The third-order valence-corrected chi connectivity index (χ3v) is 3.61. The van der Waals surface area contributed by atoms with Crippen LogP contribution >= 0.6 is 11.6 Å². The molecular weight excluding hydrogens is 302 g/mol. The van der Waals surface area contributed by atoms with E-state index >= 15 is 0 Å². The fourth-order valence-corrected chi connectivity index (χ4v) is 2.22. The molecular formula is C17H16ClNO3. The number of rotatable bonds is 4. The van der Waals surface area contributed by atoms with Crippen molar-refractivity contribution in [1.29, 1.82) is 0 Å². The minimum Gasteiger partial charge on any atom is -0.466 e. The SMILES string of the molecule is C=C(C(=O)OC)C(O)c1ccc(-c2cc(C)ccc2Cl)nc1. The number of pyridine rings is 1. The van der Waals surface area contributed by atoms with E-state index in [0.29, 0.717) is 16.3 Å². The lowest BCUT2D eigenvalue weighted by Gasteiger charge is -2.13. The van der Waals surface area contributed by atoms with Gasteiger partial charge in [0, 0.05) is 22.3 Å². The van der Waals surface area contributed by atoms with E-state index in [9.17, 15) is 9.90 Å². The lowest BCUT2D eigenvalue weighted by atomic mass is 10.0. The van der Waals surface area contributed by atoms with E-state index in [1.165, 1.54) is 13.3 Å². The first-order chi connectivity index (χ1) is 10.4. The van der Waals surface area contributed by atoms with Crippen molar-refractivity contribution in [1.82, 2.24) is 4.98 Å². The van der Waals surface area contributed by atoms with Gasteiger partial charge in [0.2, 0.25) is 0 Å². The monoisotopic (exact) mass is 317 g/mol. The molecule has 1 aromatic heterocycles. The van der Waals surface area contributed by atoms with Crippen molar-refractivity contribution in [2.75, 3.05) is 7.11 Å². The summed E-state index contributed by atoms with van der Waals surface area (Å²) in [5.41, 5.74) is 3.00. The second kappa shape index (κ2) is 6.73. The molecule has 0 saturated heterocycles. The van der Waals surface area contributed by atoms with E-state index in [1.54, 1.807) is 12.1 Å². The number of aryl methyl sites for hydroxylation is 1. The van der Waals surface area contributed by atoms with Crippen LogP contribution in [0.2, 0.25) is 5.02 Å². The number of nitrogens with zero attached hydrogens (tertiary/aromatic N) is 1. The minimum absolute atomic E-state index is 0.0364. The van der Waals surface area contributed by atoms with Crippen molar-refractivity contribution in [3.63, 3.8) is 0 Å². The van der Waals surface area contributed by atoms with Gasteiger partial charge in [-0.05, 0) is 25.1 Å². The van der Waals surface area contributed by atoms with Gasteiger partial charge in [-0.1, -0.05) is 35.9 Å². The maximum absolute atomic E-state index is 11.4. The molecule has 0 fully saturated rings. The molecule has 4 nitrogen and oxygen atoms in total. The van der Waals surface area contributed by atoms with Crippen molar-refractivity contribution >= 4 is 17.6 Å². The summed E-state index contributed by atoms with van der Waals surface area (Å²) >= 11 is 6.18. The summed E-state index contributed by atoms with van der Waals surface area (Å²) in [5, 5.41) is 10.7. The average Bonchev–Trinajstić information content (AvgIpc) is 2.55. The first-order valence-electron chi connectivity index (χ1n) is 6.61. The van der Waals surface area contributed by atoms with Crippen molar-refractivity contribution < 1.29 is 14.6 Å². The summed E-state index contributed by atoms with van der Waals surface area (Å²) in [7, 11) is 1.24. The maximum atomic E-state index is 11.4. The Kier molecular flexibility index (Phi) is 4.96. The molecule has 0 saturated carbocycles. The van der Waals surface area contributed by atoms with Crippen LogP contribution in [-0.2, 0) is 9.53 Å². The fraction of sp³-hybridized carbons (Fsp3) is 0.176. The average molecular weight is 318 g/mol. The van der Waals surface area contributed by atoms with Crippen LogP contribution in [0.4, 0.5) is 0 Å². The van der Waals surface area contributed by atoms with E-state index < -0.39 is 12.1 Å². The maximum Gasteiger partial charge on any atom is 0.336 e. The molecule has 1 N–H and O–H groups in total. The number of aliphatic hydroxyl groups is 1. The highest BCUT2D eigenvalue weighted by molar-refractivity contribution is 6.33. The number of ether oxygens (including phenoxy) is 1. The molecule has 0 spiro atoms. The summed E-state index contributed by atoms with van der Waals surface area (Å²) in [6.45, 7) is 5.51. The largest absolute Gasteiger partial charge is 0.466 e. The van der Waals surface area contributed by atoms with Crippen molar-refractivity contribution in [3.05, 3.63) is 64.8 Å². The number of benzene rings is 1. The molecule has 1 atom stereocenters. The van der Waals surface area contributed by atoms with Gasteiger partial charge in [-0.3, -0.25) is 4.98 Å². The predicted octanol–water partition coefficient (Wildman–Crippen LogP) is 3.47. The van der Waals surface area contributed by atoms with Crippen molar-refractivity contribution in [2.45, 2.75) is 13.0 Å². The summed E-state index contributed by atoms with van der Waals surface area (Å²) < 4.78 is 4.54. The molecule has 0 bridgehead atoms. The quantitative estimate of drug-likeness (QED) is 0.693. The highest BCUT2D eigenvalue weighted by Crippen LogP contribution is 2.29. The highest BCUT2D eigenvalue weighted by atomic mass is 35.5. The van der Waals surface area contributed by atoms with E-state index in [-0.39, 0.29) is 5.57 Å². The Labute approximate surface area is 134 Å². The first-order valence-corrected chi connectivity index (χ1v) is 6.99. The second-order valence-corrected chi connectivity index (χ2v) is 5.29. The van der Waals surface area contributed by atoms with Gasteiger partial charge in [-0.25, -0.2) is 4.79 Å². The molecule has 0 amide bonds. The van der Waals surface area contributed by atoms with Gasteiger partial charge in [0.25, 0.3) is 0 Å². The summed E-state index contributed by atoms with van der Waals surface area (Å²) in [5.74, 6) is -0.654. The number of hydrogen-bond donors (Lipinski definition) is 1. The third-order valence-electron chi connectivity index (χ3n) is 3.28. The van der Waals surface area contributed by atoms with E-state index in [1.807, 2.05) is 25.1 Å². The van der Waals surface area contributed by atoms with Gasteiger partial charge < -0.3 is 9.84 Å². The number of carbonyl (C=O) groups is 1. The molecule has 2 rings (SSSR count). The molecule has 0 aliphatic carbocycles. The molecule has 0 aliphatic heterocycles. The Morgan fingerprint density at radius 3 is 2.68 bits per heavy atom. The van der Waals surface area contributed by atoms with Gasteiger partial charge in [0.15, 0.2) is 0 Å². The Morgan fingerprint density at radius 2 is 2.09 bits per heavy atom. The molecule has 1 heterocycles. The first kappa shape index (κ1) is 16.2. The molecule has 5 heteroatoms. The minimum atomic E-state index is -1.15. The molecule has 0 aliphatic rings. The molecule has 1 unspecified atom stereocenters. The van der Waals surface area contributed by atoms with Crippen LogP contribution in [0.15, 0.2) is 48.7 Å². The number of methoxy groups -OCH3 is 1. The number of esters is 1. The topological polar surface area (TPSA) is 59.4 Å². The number of aliphatic hydroxyl groups excluding tert-OH is 1. The third kappa shape index (κ3) is 3.35. The molecule has 2 aromatic rings. The summed E-state index contributed by atoms with van der Waals surface area (Å²) in [6, 6.07) is 9.10. The standard InChI is InChI=1S/C17H16ClNO3/c1-10-4-6-14(18)13(8-10)15-7-5-12(9-19-15)16(20)11(2)17(21)22-3/h4-9,16,20H,2H2,1,3H3. The van der Waals surface area contributed by atoms with Gasteiger partial charge >= 0.3 is 5.97 Å². The molecule has 22 heavy (non-hydrogen) atoms. The molecule has 0 radical (unpaired) electrons. The van der Waals surface area contributed by atoms with E-state index in [0.717, 1.165) is 11.1 Å².